The average Bonchev–Trinajstić information content (AvgIpc) is 3.17. The minimum absolute atomic E-state index is 0.286. The molecule has 0 aliphatic carbocycles. The van der Waals surface area contributed by atoms with E-state index in [2.05, 4.69) is 22.7 Å². The van der Waals surface area contributed by atoms with Gasteiger partial charge in [-0.1, -0.05) is 42.5 Å². The molecule has 1 N–H and O–H groups in total. The van der Waals surface area contributed by atoms with Crippen LogP contribution < -0.4 is 10.2 Å². The van der Waals surface area contributed by atoms with Gasteiger partial charge >= 0.3 is 0 Å². The van der Waals surface area contributed by atoms with Crippen molar-refractivity contribution in [1.29, 1.82) is 0 Å². The molecular weight excluding hydrogens is 364 g/mol. The first-order chi connectivity index (χ1) is 14.2. The largest absolute Gasteiger partial charge is 0.489 e. The quantitative estimate of drug-likeness (QED) is 0.372. The monoisotopic (exact) mass is 384 g/mol. The van der Waals surface area contributed by atoms with Crippen molar-refractivity contribution in [2.75, 3.05) is 0 Å². The van der Waals surface area contributed by atoms with E-state index in [0.29, 0.717) is 17.9 Å². The summed E-state index contributed by atoms with van der Waals surface area (Å²) in [6.07, 6.45) is 1.47. The minimum Gasteiger partial charge on any atom is -0.489 e. The second-order valence-corrected chi connectivity index (χ2v) is 6.64. The first-order valence-electron chi connectivity index (χ1n) is 9.28. The van der Waals surface area contributed by atoms with Crippen LogP contribution in [-0.4, -0.2) is 12.1 Å². The van der Waals surface area contributed by atoms with Crippen LogP contribution in [0.3, 0.4) is 0 Å². The number of ether oxygens (including phenoxy) is 1. The number of furan rings is 1. The molecule has 5 heteroatoms. The number of carbonyl (C=O) groups excluding carboxylic acids is 1. The van der Waals surface area contributed by atoms with Crippen LogP contribution in [0.25, 0.3) is 10.8 Å². The Bertz CT molecular complexity index is 1160. The summed E-state index contributed by atoms with van der Waals surface area (Å²) in [5.74, 6) is 1.91. The Morgan fingerprint density at radius 3 is 2.55 bits per heavy atom. The second kappa shape index (κ2) is 8.44. The summed E-state index contributed by atoms with van der Waals surface area (Å²) in [5.41, 5.74) is 3.99. The number of amides is 1. The molecule has 0 fully saturated rings. The lowest BCUT2D eigenvalue weighted by molar-refractivity contribution is 0.0955. The van der Waals surface area contributed by atoms with Gasteiger partial charge in [0.25, 0.3) is 5.91 Å². The summed E-state index contributed by atoms with van der Waals surface area (Å²) in [7, 11) is 0. The van der Waals surface area contributed by atoms with Gasteiger partial charge in [-0.05, 0) is 59.7 Å². The molecule has 0 saturated carbocycles. The molecule has 0 aliphatic rings. The third kappa shape index (κ3) is 4.71. The van der Waals surface area contributed by atoms with E-state index in [4.69, 9.17) is 9.15 Å². The number of hydrogen-bond donors (Lipinski definition) is 1. The second-order valence-electron chi connectivity index (χ2n) is 6.64. The zero-order chi connectivity index (χ0) is 20.1. The molecule has 1 heterocycles. The standard InChI is InChI=1S/C24H20N2O3/c1-17-6-12-23(29-17)15-25-26-24(27)20-9-7-18(8-10-20)16-28-22-13-11-19-4-2-3-5-21(19)14-22/h2-15H,16H2,1H3,(H,26,27)/b25-15+. The summed E-state index contributed by atoms with van der Waals surface area (Å²) in [6.45, 7) is 2.28. The summed E-state index contributed by atoms with van der Waals surface area (Å²) in [4.78, 5) is 12.2. The number of aryl methyl sites for hydroxylation is 1. The molecule has 0 aliphatic heterocycles. The van der Waals surface area contributed by atoms with Gasteiger partial charge in [0.15, 0.2) is 0 Å². The highest BCUT2D eigenvalue weighted by atomic mass is 16.5. The number of carbonyl (C=O) groups is 1. The smallest absolute Gasteiger partial charge is 0.271 e. The van der Waals surface area contributed by atoms with Gasteiger partial charge in [-0.3, -0.25) is 4.79 Å². The Morgan fingerprint density at radius 1 is 1.00 bits per heavy atom. The predicted octanol–water partition coefficient (Wildman–Crippen LogP) is 5.08. The number of benzene rings is 3. The fourth-order valence-electron chi connectivity index (χ4n) is 2.92. The highest BCUT2D eigenvalue weighted by molar-refractivity contribution is 5.94. The molecular formula is C24H20N2O3. The van der Waals surface area contributed by atoms with Crippen molar-refractivity contribution in [3.63, 3.8) is 0 Å². The Kier molecular flexibility index (Phi) is 5.38. The molecule has 29 heavy (non-hydrogen) atoms. The number of rotatable bonds is 6. The van der Waals surface area contributed by atoms with Crippen LogP contribution in [0.15, 0.2) is 88.4 Å². The molecule has 5 nitrogen and oxygen atoms in total. The molecule has 0 spiro atoms. The van der Waals surface area contributed by atoms with E-state index in [0.717, 1.165) is 22.5 Å². The van der Waals surface area contributed by atoms with Crippen molar-refractivity contribution in [3.05, 3.63) is 102 Å². The van der Waals surface area contributed by atoms with Crippen molar-refractivity contribution in [2.24, 2.45) is 5.10 Å². The van der Waals surface area contributed by atoms with E-state index < -0.39 is 0 Å². The topological polar surface area (TPSA) is 63.8 Å². The maximum absolute atomic E-state index is 12.2. The van der Waals surface area contributed by atoms with E-state index in [9.17, 15) is 4.79 Å². The van der Waals surface area contributed by atoms with Crippen molar-refractivity contribution in [1.82, 2.24) is 5.43 Å². The van der Waals surface area contributed by atoms with Crippen molar-refractivity contribution < 1.29 is 13.9 Å². The Labute approximate surface area is 168 Å². The fourth-order valence-corrected chi connectivity index (χ4v) is 2.92. The molecule has 1 amide bonds. The molecule has 144 valence electrons. The van der Waals surface area contributed by atoms with E-state index in [1.54, 1.807) is 18.2 Å². The SMILES string of the molecule is Cc1ccc(/C=N/NC(=O)c2ccc(COc3ccc4ccccc4c3)cc2)o1. The van der Waals surface area contributed by atoms with E-state index in [-0.39, 0.29) is 5.91 Å². The third-order valence-corrected chi connectivity index (χ3v) is 4.46. The Morgan fingerprint density at radius 2 is 1.79 bits per heavy atom. The molecule has 4 aromatic rings. The predicted molar refractivity (Wildman–Crippen MR) is 113 cm³/mol. The Balaban J connectivity index is 1.33. The molecule has 0 atom stereocenters. The number of nitrogens with zero attached hydrogens (tertiary/aromatic N) is 1. The number of hydrazone groups is 1. The van der Waals surface area contributed by atoms with Gasteiger partial charge in [0, 0.05) is 5.56 Å². The molecule has 0 saturated heterocycles. The van der Waals surface area contributed by atoms with E-state index >= 15 is 0 Å². The van der Waals surface area contributed by atoms with Crippen molar-refractivity contribution >= 4 is 22.9 Å². The molecule has 0 radical (unpaired) electrons. The highest BCUT2D eigenvalue weighted by Crippen LogP contribution is 2.21. The minimum atomic E-state index is -0.286. The normalized spacial score (nSPS) is 11.1. The zero-order valence-corrected chi connectivity index (χ0v) is 16.0. The van der Waals surface area contributed by atoms with Gasteiger partial charge in [-0.2, -0.15) is 5.10 Å². The van der Waals surface area contributed by atoms with E-state index in [1.807, 2.05) is 55.5 Å². The van der Waals surface area contributed by atoms with Gasteiger partial charge < -0.3 is 9.15 Å². The van der Waals surface area contributed by atoms with Crippen LogP contribution in [0.1, 0.15) is 27.4 Å². The van der Waals surface area contributed by atoms with Gasteiger partial charge in [0.2, 0.25) is 0 Å². The van der Waals surface area contributed by atoms with Crippen LogP contribution in [0, 0.1) is 6.92 Å². The molecule has 4 rings (SSSR count). The summed E-state index contributed by atoms with van der Waals surface area (Å²) < 4.78 is 11.2. The lowest BCUT2D eigenvalue weighted by atomic mass is 10.1. The van der Waals surface area contributed by atoms with Gasteiger partial charge in [0.1, 0.15) is 23.9 Å². The lowest BCUT2D eigenvalue weighted by Crippen LogP contribution is -2.17. The van der Waals surface area contributed by atoms with Crippen LogP contribution in [-0.2, 0) is 6.61 Å². The zero-order valence-electron chi connectivity index (χ0n) is 16.0. The number of hydrogen-bond acceptors (Lipinski definition) is 4. The van der Waals surface area contributed by atoms with Crippen LogP contribution >= 0.6 is 0 Å². The van der Waals surface area contributed by atoms with Crippen LogP contribution in [0.4, 0.5) is 0 Å². The maximum atomic E-state index is 12.2. The van der Waals surface area contributed by atoms with Crippen molar-refractivity contribution in [2.45, 2.75) is 13.5 Å². The first-order valence-corrected chi connectivity index (χ1v) is 9.28. The van der Waals surface area contributed by atoms with Gasteiger partial charge in [0.05, 0.1) is 6.21 Å². The van der Waals surface area contributed by atoms with E-state index in [1.165, 1.54) is 11.6 Å². The molecule has 1 aromatic heterocycles. The Hall–Kier alpha value is -3.86. The summed E-state index contributed by atoms with van der Waals surface area (Å²) in [5, 5.41) is 6.23. The maximum Gasteiger partial charge on any atom is 0.271 e. The average molecular weight is 384 g/mol. The third-order valence-electron chi connectivity index (χ3n) is 4.46. The fraction of sp³-hybridized carbons (Fsp3) is 0.0833. The molecule has 3 aromatic carbocycles. The van der Waals surface area contributed by atoms with Gasteiger partial charge in [-0.25, -0.2) is 5.43 Å². The molecule has 0 unspecified atom stereocenters. The summed E-state index contributed by atoms with van der Waals surface area (Å²) >= 11 is 0. The first kappa shape index (κ1) is 18.5. The van der Waals surface area contributed by atoms with Gasteiger partial charge in [-0.15, -0.1) is 0 Å². The summed E-state index contributed by atoms with van der Waals surface area (Å²) in [6, 6.07) is 25.1. The van der Waals surface area contributed by atoms with Crippen LogP contribution in [0.5, 0.6) is 5.75 Å². The number of nitrogens with one attached hydrogen (secondary N) is 1. The van der Waals surface area contributed by atoms with Crippen LogP contribution in [0.2, 0.25) is 0 Å². The molecule has 0 bridgehead atoms. The number of fused-ring (bicyclic) bond motifs is 1. The highest BCUT2D eigenvalue weighted by Gasteiger charge is 2.05. The lowest BCUT2D eigenvalue weighted by Gasteiger charge is -2.08. The van der Waals surface area contributed by atoms with Crippen molar-refractivity contribution in [3.8, 4) is 5.75 Å².